The number of hydrogen-bond donors (Lipinski definition) is 2. The van der Waals surface area contributed by atoms with Crippen molar-refractivity contribution in [3.8, 4) is 0 Å². The molecule has 0 saturated carbocycles. The quantitative estimate of drug-likeness (QED) is 0.394. The van der Waals surface area contributed by atoms with Gasteiger partial charge >= 0.3 is 0 Å². The smallest absolute Gasteiger partial charge is 0.231 e. The molecule has 0 aliphatic rings. The van der Waals surface area contributed by atoms with E-state index in [1.807, 2.05) is 24.3 Å². The number of benzene rings is 1. The number of ketones is 1. The van der Waals surface area contributed by atoms with Gasteiger partial charge in [0.2, 0.25) is 5.91 Å². The normalized spacial score (nSPS) is 10.7. The summed E-state index contributed by atoms with van der Waals surface area (Å²) >= 11 is 1.58. The largest absolute Gasteiger partial charge is 0.326 e. The van der Waals surface area contributed by atoms with Gasteiger partial charge in [-0.3, -0.25) is 14.3 Å². The lowest BCUT2D eigenvalue weighted by Gasteiger charge is -2.17. The van der Waals surface area contributed by atoms with Crippen LogP contribution in [-0.2, 0) is 9.59 Å². The summed E-state index contributed by atoms with van der Waals surface area (Å²) in [5, 5.41) is 2.70. The number of rotatable bonds is 10. The van der Waals surface area contributed by atoms with Crippen LogP contribution in [0.1, 0.15) is 27.2 Å². The minimum absolute atomic E-state index is 0.0799. The zero-order valence-corrected chi connectivity index (χ0v) is 14.3. The van der Waals surface area contributed by atoms with Gasteiger partial charge < -0.3 is 10.2 Å². The van der Waals surface area contributed by atoms with Crippen LogP contribution in [0.3, 0.4) is 0 Å². The first-order chi connectivity index (χ1) is 10.5. The molecule has 0 fully saturated rings. The first-order valence-electron chi connectivity index (χ1n) is 7.56. The lowest BCUT2D eigenvalue weighted by atomic mass is 10.2. The fourth-order valence-electron chi connectivity index (χ4n) is 1.92. The summed E-state index contributed by atoms with van der Waals surface area (Å²) in [6.07, 6.45) is -0.0799. The highest BCUT2D eigenvalue weighted by atomic mass is 32.2. The average Bonchev–Trinajstić information content (AvgIpc) is 2.48. The summed E-state index contributed by atoms with van der Waals surface area (Å²) in [4.78, 5) is 25.8. The fraction of sp³-hybridized carbons (Fsp3) is 0.500. The maximum absolute atomic E-state index is 11.5. The van der Waals surface area contributed by atoms with Crippen molar-refractivity contribution in [1.82, 2.24) is 9.62 Å². The van der Waals surface area contributed by atoms with E-state index in [-0.39, 0.29) is 18.1 Å². The monoisotopic (exact) mass is 323 g/mol. The van der Waals surface area contributed by atoms with E-state index < -0.39 is 0 Å². The fourth-order valence-corrected chi connectivity index (χ4v) is 2.55. The topological polar surface area (TPSA) is 61.4 Å². The van der Waals surface area contributed by atoms with Gasteiger partial charge in [0.25, 0.3) is 0 Å². The Labute approximate surface area is 137 Å². The van der Waals surface area contributed by atoms with Crippen molar-refractivity contribution in [2.24, 2.45) is 0 Å². The van der Waals surface area contributed by atoms with Crippen LogP contribution in [0.15, 0.2) is 29.2 Å². The second-order valence-electron chi connectivity index (χ2n) is 4.97. The van der Waals surface area contributed by atoms with Gasteiger partial charge in [0.1, 0.15) is 5.78 Å². The van der Waals surface area contributed by atoms with Crippen molar-refractivity contribution in [3.05, 3.63) is 24.3 Å². The molecule has 0 atom stereocenters. The first-order valence-corrected chi connectivity index (χ1v) is 8.38. The Morgan fingerprint density at radius 1 is 1.14 bits per heavy atom. The van der Waals surface area contributed by atoms with Gasteiger partial charge in [-0.05, 0) is 56.2 Å². The van der Waals surface area contributed by atoms with E-state index in [1.54, 1.807) is 11.9 Å². The van der Waals surface area contributed by atoms with Gasteiger partial charge in [-0.25, -0.2) is 0 Å². The molecule has 0 aliphatic heterocycles. The van der Waals surface area contributed by atoms with E-state index in [9.17, 15) is 9.59 Å². The second kappa shape index (κ2) is 10.4. The van der Waals surface area contributed by atoms with E-state index in [0.717, 1.165) is 31.1 Å². The summed E-state index contributed by atoms with van der Waals surface area (Å²) in [6, 6.07) is 7.57. The average molecular weight is 323 g/mol. The van der Waals surface area contributed by atoms with E-state index in [2.05, 4.69) is 28.8 Å². The molecule has 22 heavy (non-hydrogen) atoms. The van der Waals surface area contributed by atoms with Crippen molar-refractivity contribution in [2.45, 2.75) is 32.1 Å². The molecule has 0 spiro atoms. The number of nitrogens with one attached hydrogen (secondary N) is 2. The molecule has 1 aromatic rings. The molecular weight excluding hydrogens is 298 g/mol. The number of hydrogen-bond acceptors (Lipinski definition) is 5. The summed E-state index contributed by atoms with van der Waals surface area (Å²) in [7, 11) is 0. The van der Waals surface area contributed by atoms with Crippen molar-refractivity contribution in [3.63, 3.8) is 0 Å². The van der Waals surface area contributed by atoms with Gasteiger partial charge in [0.05, 0.1) is 6.42 Å². The molecule has 1 amide bonds. The van der Waals surface area contributed by atoms with Crippen molar-refractivity contribution in [1.29, 1.82) is 0 Å². The summed E-state index contributed by atoms with van der Waals surface area (Å²) in [6.45, 7) is 9.81. The van der Waals surface area contributed by atoms with Crippen LogP contribution in [-0.4, -0.2) is 42.8 Å². The maximum Gasteiger partial charge on any atom is 0.231 e. The Morgan fingerprint density at radius 3 is 2.32 bits per heavy atom. The third-order valence-corrected chi connectivity index (χ3v) is 4.02. The first kappa shape index (κ1) is 18.7. The standard InChI is InChI=1S/C16H25N3O2S/c1-4-19(5-2)11-10-17-22-15-8-6-14(7-9-15)18-16(21)12-13(3)20/h6-9,17H,4-5,10-12H2,1-3H3,(H,18,21). The Hall–Kier alpha value is -1.37. The molecule has 122 valence electrons. The summed E-state index contributed by atoms with van der Waals surface area (Å²) in [5.74, 6) is -0.410. The minimum atomic E-state index is -0.273. The van der Waals surface area contributed by atoms with Crippen molar-refractivity contribution in [2.75, 3.05) is 31.5 Å². The lowest BCUT2D eigenvalue weighted by Crippen LogP contribution is -2.29. The molecule has 0 heterocycles. The summed E-state index contributed by atoms with van der Waals surface area (Å²) in [5.41, 5.74) is 0.707. The van der Waals surface area contributed by atoms with Gasteiger partial charge in [-0.2, -0.15) is 0 Å². The van der Waals surface area contributed by atoms with Crippen LogP contribution in [0.4, 0.5) is 5.69 Å². The Bertz CT molecular complexity index is 473. The van der Waals surface area contributed by atoms with Gasteiger partial charge in [-0.1, -0.05) is 13.8 Å². The molecule has 0 aliphatic carbocycles. The predicted octanol–water partition coefficient (Wildman–Crippen LogP) is 2.54. The Balaban J connectivity index is 2.32. The van der Waals surface area contributed by atoms with Crippen LogP contribution < -0.4 is 10.0 Å². The number of nitrogens with zero attached hydrogens (tertiary/aromatic N) is 1. The SMILES string of the molecule is CCN(CC)CCNSc1ccc(NC(=O)CC(C)=O)cc1. The number of carbonyl (C=O) groups excluding carboxylic acids is 2. The number of anilines is 1. The molecule has 1 aromatic carbocycles. The lowest BCUT2D eigenvalue weighted by molar-refractivity contribution is -0.124. The molecule has 0 bridgehead atoms. The number of carbonyl (C=O) groups is 2. The van der Waals surface area contributed by atoms with Crippen LogP contribution in [0, 0.1) is 0 Å². The van der Waals surface area contributed by atoms with Gasteiger partial charge in [-0.15, -0.1) is 0 Å². The highest BCUT2D eigenvalue weighted by Crippen LogP contribution is 2.17. The van der Waals surface area contributed by atoms with Crippen molar-refractivity contribution < 1.29 is 9.59 Å². The Kier molecular flexibility index (Phi) is 8.81. The highest BCUT2D eigenvalue weighted by Gasteiger charge is 2.05. The molecular formula is C16H25N3O2S. The van der Waals surface area contributed by atoms with Crippen LogP contribution in [0.5, 0.6) is 0 Å². The van der Waals surface area contributed by atoms with E-state index in [0.29, 0.717) is 5.69 Å². The molecule has 0 saturated heterocycles. The van der Waals surface area contributed by atoms with Gasteiger partial charge in [0.15, 0.2) is 0 Å². The van der Waals surface area contributed by atoms with E-state index in [4.69, 9.17) is 0 Å². The second-order valence-corrected chi connectivity index (χ2v) is 5.94. The molecule has 0 unspecified atom stereocenters. The minimum Gasteiger partial charge on any atom is -0.326 e. The molecule has 0 aromatic heterocycles. The van der Waals surface area contributed by atoms with Crippen LogP contribution in [0.25, 0.3) is 0 Å². The van der Waals surface area contributed by atoms with Gasteiger partial charge in [0, 0.05) is 23.7 Å². The maximum atomic E-state index is 11.5. The molecule has 1 rings (SSSR count). The van der Waals surface area contributed by atoms with Crippen molar-refractivity contribution >= 4 is 29.3 Å². The molecule has 0 radical (unpaired) electrons. The third-order valence-electron chi connectivity index (χ3n) is 3.16. The molecule has 2 N–H and O–H groups in total. The summed E-state index contributed by atoms with van der Waals surface area (Å²) < 4.78 is 3.33. The number of amides is 1. The molecule has 6 heteroatoms. The number of likely N-dealkylation sites (N-methyl/N-ethyl adjacent to an activating group) is 1. The third kappa shape index (κ3) is 7.59. The zero-order valence-electron chi connectivity index (χ0n) is 13.5. The van der Waals surface area contributed by atoms with E-state index in [1.165, 1.54) is 6.92 Å². The highest BCUT2D eigenvalue weighted by molar-refractivity contribution is 7.97. The van der Waals surface area contributed by atoms with Crippen LogP contribution in [0.2, 0.25) is 0 Å². The molecule has 5 nitrogen and oxygen atoms in total. The van der Waals surface area contributed by atoms with Crippen LogP contribution >= 0.6 is 11.9 Å². The van der Waals surface area contributed by atoms with E-state index >= 15 is 0 Å². The Morgan fingerprint density at radius 2 is 1.77 bits per heavy atom. The number of Topliss-reactive ketones (excluding diaryl/α,β-unsaturated/α-hetero) is 1. The zero-order chi connectivity index (χ0) is 16.4. The predicted molar refractivity (Wildman–Crippen MR) is 92.0 cm³/mol.